The molecule has 0 fully saturated rings. The molecule has 1 aromatic carbocycles. The van der Waals surface area contributed by atoms with Crippen molar-refractivity contribution in [2.45, 2.75) is 13.0 Å². The first-order chi connectivity index (χ1) is 8.82. The van der Waals surface area contributed by atoms with Gasteiger partial charge in [0.1, 0.15) is 5.69 Å². The summed E-state index contributed by atoms with van der Waals surface area (Å²) in [5.74, 6) is -0.301. The van der Waals surface area contributed by atoms with E-state index in [4.69, 9.17) is 5.11 Å². The molecule has 7 nitrogen and oxygen atoms in total. The van der Waals surface area contributed by atoms with Crippen LogP contribution in [0.15, 0.2) is 18.2 Å². The molecule has 0 saturated carbocycles. The molecule has 0 aliphatic heterocycles. The van der Waals surface area contributed by atoms with E-state index in [1.54, 1.807) is 21.0 Å². The van der Waals surface area contributed by atoms with Crippen molar-refractivity contribution in [3.63, 3.8) is 0 Å². The lowest BCUT2D eigenvalue weighted by Gasteiger charge is -2.12. The van der Waals surface area contributed by atoms with Crippen molar-refractivity contribution in [2.24, 2.45) is 0 Å². The summed E-state index contributed by atoms with van der Waals surface area (Å²) in [6.07, 6.45) is -0.623. The third-order valence-corrected chi connectivity index (χ3v) is 2.44. The molecule has 2 N–H and O–H groups in total. The van der Waals surface area contributed by atoms with Gasteiger partial charge >= 0.3 is 0 Å². The van der Waals surface area contributed by atoms with Crippen molar-refractivity contribution in [3.8, 4) is 0 Å². The second-order valence-electron chi connectivity index (χ2n) is 4.42. The Kier molecular flexibility index (Phi) is 4.82. The Balaban J connectivity index is 3.08. The molecule has 1 amide bonds. The number of nitro benzene ring substituents is 1. The average molecular weight is 267 g/mol. The second kappa shape index (κ2) is 6.14. The van der Waals surface area contributed by atoms with Gasteiger partial charge < -0.3 is 15.3 Å². The number of anilines is 1. The van der Waals surface area contributed by atoms with Gasteiger partial charge in [0, 0.05) is 32.3 Å². The van der Waals surface area contributed by atoms with Gasteiger partial charge in [-0.05, 0) is 19.1 Å². The summed E-state index contributed by atoms with van der Waals surface area (Å²) in [7, 11) is 3.15. The van der Waals surface area contributed by atoms with Crippen LogP contribution in [0.25, 0.3) is 0 Å². The highest BCUT2D eigenvalue weighted by molar-refractivity contribution is 5.95. The highest BCUT2D eigenvalue weighted by Crippen LogP contribution is 2.26. The fourth-order valence-corrected chi connectivity index (χ4v) is 1.48. The maximum Gasteiger partial charge on any atom is 0.293 e. The zero-order valence-electron chi connectivity index (χ0n) is 11.1. The smallest absolute Gasteiger partial charge is 0.293 e. The Morgan fingerprint density at radius 1 is 1.53 bits per heavy atom. The number of nitrogens with zero attached hydrogens (tertiary/aromatic N) is 2. The molecule has 1 atom stereocenters. The number of aliphatic hydroxyl groups is 1. The van der Waals surface area contributed by atoms with Crippen LogP contribution in [0, 0.1) is 10.1 Å². The number of nitro groups is 1. The molecule has 0 aromatic heterocycles. The average Bonchev–Trinajstić information content (AvgIpc) is 2.34. The van der Waals surface area contributed by atoms with Crippen LogP contribution in [0.5, 0.6) is 0 Å². The molecule has 1 aromatic rings. The van der Waals surface area contributed by atoms with Crippen LogP contribution in [-0.2, 0) is 0 Å². The van der Waals surface area contributed by atoms with Crippen LogP contribution in [0.3, 0.4) is 0 Å². The Labute approximate surface area is 111 Å². The first-order valence-corrected chi connectivity index (χ1v) is 5.75. The number of amides is 1. The molecule has 0 spiro atoms. The summed E-state index contributed by atoms with van der Waals surface area (Å²) < 4.78 is 0. The van der Waals surface area contributed by atoms with Gasteiger partial charge in [0.15, 0.2) is 0 Å². The number of hydrogen-bond acceptors (Lipinski definition) is 5. The van der Waals surface area contributed by atoms with Crippen LogP contribution in [0.2, 0.25) is 0 Å². The van der Waals surface area contributed by atoms with Crippen molar-refractivity contribution in [2.75, 3.05) is 26.0 Å². The minimum absolute atomic E-state index is 0.187. The highest BCUT2D eigenvalue weighted by atomic mass is 16.6. The van der Waals surface area contributed by atoms with Crippen molar-refractivity contribution < 1.29 is 14.8 Å². The number of benzene rings is 1. The first-order valence-electron chi connectivity index (χ1n) is 5.75. The van der Waals surface area contributed by atoms with E-state index in [1.165, 1.54) is 23.1 Å². The predicted molar refractivity (Wildman–Crippen MR) is 71.3 cm³/mol. The van der Waals surface area contributed by atoms with Gasteiger partial charge in [0.25, 0.3) is 11.6 Å². The minimum atomic E-state index is -0.623. The number of aliphatic hydroxyl groups excluding tert-OH is 1. The van der Waals surface area contributed by atoms with Gasteiger partial charge in [-0.3, -0.25) is 14.9 Å². The maximum absolute atomic E-state index is 11.7. The van der Waals surface area contributed by atoms with E-state index in [2.05, 4.69) is 5.32 Å². The van der Waals surface area contributed by atoms with Gasteiger partial charge in [-0.2, -0.15) is 0 Å². The number of carbonyl (C=O) groups is 1. The molecule has 1 rings (SSSR count). The second-order valence-corrected chi connectivity index (χ2v) is 4.42. The Morgan fingerprint density at radius 2 is 2.16 bits per heavy atom. The molecule has 7 heteroatoms. The van der Waals surface area contributed by atoms with Gasteiger partial charge in [-0.15, -0.1) is 0 Å². The number of carbonyl (C=O) groups excluding carboxylic acids is 1. The third kappa shape index (κ3) is 3.92. The first kappa shape index (κ1) is 14.9. The summed E-state index contributed by atoms with van der Waals surface area (Å²) >= 11 is 0. The molecule has 0 bridgehead atoms. The molecule has 0 aliphatic rings. The van der Waals surface area contributed by atoms with Crippen LogP contribution in [0.4, 0.5) is 11.4 Å². The lowest BCUT2D eigenvalue weighted by atomic mass is 10.1. The molecule has 19 heavy (non-hydrogen) atoms. The molecular weight excluding hydrogens is 250 g/mol. The summed E-state index contributed by atoms with van der Waals surface area (Å²) in [4.78, 5) is 23.5. The third-order valence-electron chi connectivity index (χ3n) is 2.44. The van der Waals surface area contributed by atoms with E-state index in [0.29, 0.717) is 0 Å². The van der Waals surface area contributed by atoms with E-state index >= 15 is 0 Å². The van der Waals surface area contributed by atoms with Crippen LogP contribution >= 0.6 is 0 Å². The molecule has 0 heterocycles. The van der Waals surface area contributed by atoms with Gasteiger partial charge in [-0.25, -0.2) is 0 Å². The quantitative estimate of drug-likeness (QED) is 0.615. The van der Waals surface area contributed by atoms with Gasteiger partial charge in [0.05, 0.1) is 11.0 Å². The Bertz CT molecular complexity index is 486. The van der Waals surface area contributed by atoms with E-state index < -0.39 is 11.0 Å². The van der Waals surface area contributed by atoms with Crippen molar-refractivity contribution >= 4 is 17.3 Å². The molecule has 104 valence electrons. The maximum atomic E-state index is 11.7. The zero-order valence-corrected chi connectivity index (χ0v) is 11.1. The Hall–Kier alpha value is -2.15. The summed E-state index contributed by atoms with van der Waals surface area (Å²) in [5, 5.41) is 22.9. The Morgan fingerprint density at radius 3 is 2.63 bits per heavy atom. The van der Waals surface area contributed by atoms with Gasteiger partial charge in [0.2, 0.25) is 0 Å². The number of rotatable bonds is 5. The monoisotopic (exact) mass is 267 g/mol. The SMILES string of the molecule is CC(O)CNc1ccc(C(=O)N(C)C)cc1[N+](=O)[O-]. The standard InChI is InChI=1S/C12H17N3O4/c1-8(16)7-13-10-5-4-9(12(17)14(2)3)6-11(10)15(18)19/h4-6,8,13,16H,7H2,1-3H3. The summed E-state index contributed by atoms with van der Waals surface area (Å²) in [5.41, 5.74) is 0.342. The van der Waals surface area contributed by atoms with Crippen molar-refractivity contribution in [1.29, 1.82) is 0 Å². The van der Waals surface area contributed by atoms with Gasteiger partial charge in [-0.1, -0.05) is 0 Å². The molecule has 0 aliphatic carbocycles. The van der Waals surface area contributed by atoms with E-state index in [1.807, 2.05) is 0 Å². The van der Waals surface area contributed by atoms with Crippen molar-refractivity contribution in [1.82, 2.24) is 4.90 Å². The fourth-order valence-electron chi connectivity index (χ4n) is 1.48. The summed E-state index contributed by atoms with van der Waals surface area (Å²) in [6, 6.07) is 4.21. The molecular formula is C12H17N3O4. The van der Waals surface area contributed by atoms with E-state index in [-0.39, 0.29) is 29.4 Å². The van der Waals surface area contributed by atoms with E-state index in [0.717, 1.165) is 0 Å². The molecule has 0 radical (unpaired) electrons. The lowest BCUT2D eigenvalue weighted by Crippen LogP contribution is -2.22. The number of hydrogen-bond donors (Lipinski definition) is 2. The van der Waals surface area contributed by atoms with Crippen LogP contribution in [-0.4, -0.2) is 47.6 Å². The fraction of sp³-hybridized carbons (Fsp3) is 0.417. The lowest BCUT2D eigenvalue weighted by molar-refractivity contribution is -0.384. The number of nitrogens with one attached hydrogen (secondary N) is 1. The van der Waals surface area contributed by atoms with Crippen LogP contribution < -0.4 is 5.32 Å². The predicted octanol–water partition coefficient (Wildman–Crippen LogP) is 1.09. The van der Waals surface area contributed by atoms with Crippen LogP contribution in [0.1, 0.15) is 17.3 Å². The van der Waals surface area contributed by atoms with Crippen molar-refractivity contribution in [3.05, 3.63) is 33.9 Å². The largest absolute Gasteiger partial charge is 0.392 e. The highest BCUT2D eigenvalue weighted by Gasteiger charge is 2.18. The summed E-state index contributed by atoms with van der Waals surface area (Å²) in [6.45, 7) is 1.77. The van der Waals surface area contributed by atoms with E-state index in [9.17, 15) is 14.9 Å². The zero-order chi connectivity index (χ0) is 14.6. The topological polar surface area (TPSA) is 95.7 Å². The minimum Gasteiger partial charge on any atom is -0.392 e. The molecule has 0 saturated heterocycles. The normalized spacial score (nSPS) is 11.8. The molecule has 1 unspecified atom stereocenters.